The van der Waals surface area contributed by atoms with Crippen LogP contribution in [0.2, 0.25) is 0 Å². The van der Waals surface area contributed by atoms with E-state index < -0.39 is 12.0 Å². The summed E-state index contributed by atoms with van der Waals surface area (Å²) >= 11 is 1.38. The number of benzene rings is 3. The molecule has 0 radical (unpaired) electrons. The predicted molar refractivity (Wildman–Crippen MR) is 127 cm³/mol. The third-order valence-corrected chi connectivity index (χ3v) is 6.34. The first kappa shape index (κ1) is 19.9. The van der Waals surface area contributed by atoms with Crippen molar-refractivity contribution in [2.24, 2.45) is 0 Å². The molecule has 0 saturated carbocycles. The van der Waals surface area contributed by atoms with Gasteiger partial charge in [0.1, 0.15) is 11.2 Å². The summed E-state index contributed by atoms with van der Waals surface area (Å²) in [5.41, 5.74) is 4.00. The number of fused-ring (bicyclic) bond motifs is 1. The van der Waals surface area contributed by atoms with E-state index in [1.54, 1.807) is 24.3 Å². The van der Waals surface area contributed by atoms with Gasteiger partial charge in [0, 0.05) is 10.9 Å². The Morgan fingerprint density at radius 3 is 2.09 bits per heavy atom. The molecule has 2 heterocycles. The van der Waals surface area contributed by atoms with Crippen molar-refractivity contribution >= 4 is 27.5 Å². The van der Waals surface area contributed by atoms with Crippen LogP contribution in [0.15, 0.2) is 101 Å². The maximum Gasteiger partial charge on any atom is 0.331 e. The first-order chi connectivity index (χ1) is 15.6. The standard InChI is InChI=1S/C26H18N2O3S/c29-25-22-21(19-13-11-18(12-14-19)17-7-3-1-4-8-17)15-32-24(22)27-16-28(25)23(26(30)31)20-9-5-2-6-10-20/h1-16,23H,(H,30,31). The Balaban J connectivity index is 1.62. The van der Waals surface area contributed by atoms with Gasteiger partial charge in [-0.1, -0.05) is 84.9 Å². The molecule has 1 N–H and O–H groups in total. The van der Waals surface area contributed by atoms with E-state index >= 15 is 0 Å². The van der Waals surface area contributed by atoms with E-state index in [1.807, 2.05) is 66.0 Å². The van der Waals surface area contributed by atoms with Crippen molar-refractivity contribution in [3.8, 4) is 22.3 Å². The van der Waals surface area contributed by atoms with Crippen LogP contribution in [0.5, 0.6) is 0 Å². The van der Waals surface area contributed by atoms with Gasteiger partial charge in [0.2, 0.25) is 0 Å². The van der Waals surface area contributed by atoms with Crippen molar-refractivity contribution in [3.63, 3.8) is 0 Å². The van der Waals surface area contributed by atoms with Gasteiger partial charge in [0.05, 0.1) is 5.39 Å². The second-order valence-corrected chi connectivity index (χ2v) is 8.24. The van der Waals surface area contributed by atoms with Crippen LogP contribution < -0.4 is 5.56 Å². The van der Waals surface area contributed by atoms with Crippen LogP contribution >= 0.6 is 11.3 Å². The van der Waals surface area contributed by atoms with Crippen LogP contribution in [-0.2, 0) is 4.79 Å². The predicted octanol–water partition coefficient (Wildman–Crippen LogP) is 5.47. The van der Waals surface area contributed by atoms with Crippen molar-refractivity contribution < 1.29 is 9.90 Å². The van der Waals surface area contributed by atoms with Crippen molar-refractivity contribution in [3.05, 3.63) is 113 Å². The van der Waals surface area contributed by atoms with Gasteiger partial charge in [-0.3, -0.25) is 9.36 Å². The van der Waals surface area contributed by atoms with Gasteiger partial charge >= 0.3 is 5.97 Å². The van der Waals surface area contributed by atoms with Crippen LogP contribution in [0.3, 0.4) is 0 Å². The number of rotatable bonds is 5. The lowest BCUT2D eigenvalue weighted by Crippen LogP contribution is -2.30. The summed E-state index contributed by atoms with van der Waals surface area (Å²) in [5.74, 6) is -1.11. The lowest BCUT2D eigenvalue weighted by atomic mass is 10.0. The lowest BCUT2D eigenvalue weighted by molar-refractivity contribution is -0.139. The third-order valence-electron chi connectivity index (χ3n) is 5.45. The highest BCUT2D eigenvalue weighted by molar-refractivity contribution is 7.17. The molecule has 0 saturated heterocycles. The molecule has 1 atom stereocenters. The van der Waals surface area contributed by atoms with Gasteiger partial charge in [0.15, 0.2) is 6.04 Å². The van der Waals surface area contributed by atoms with E-state index in [0.29, 0.717) is 15.8 Å². The number of nitrogens with zero attached hydrogens (tertiary/aromatic N) is 2. The minimum atomic E-state index is -1.14. The summed E-state index contributed by atoms with van der Waals surface area (Å²) in [7, 11) is 0. The fraction of sp³-hybridized carbons (Fsp3) is 0.0385. The smallest absolute Gasteiger partial charge is 0.331 e. The first-order valence-corrected chi connectivity index (χ1v) is 10.9. The van der Waals surface area contributed by atoms with E-state index in [0.717, 1.165) is 22.3 Å². The molecule has 32 heavy (non-hydrogen) atoms. The van der Waals surface area contributed by atoms with Crippen LogP contribution in [-0.4, -0.2) is 20.6 Å². The van der Waals surface area contributed by atoms with Crippen LogP contribution in [0.25, 0.3) is 32.5 Å². The monoisotopic (exact) mass is 438 g/mol. The average molecular weight is 439 g/mol. The Morgan fingerprint density at radius 1 is 0.844 bits per heavy atom. The summed E-state index contributed by atoms with van der Waals surface area (Å²) in [4.78, 5) is 30.5. The van der Waals surface area contributed by atoms with Gasteiger partial charge in [0.25, 0.3) is 5.56 Å². The van der Waals surface area contributed by atoms with E-state index in [1.165, 1.54) is 22.2 Å². The minimum Gasteiger partial charge on any atom is -0.479 e. The zero-order chi connectivity index (χ0) is 22.1. The molecular weight excluding hydrogens is 420 g/mol. The average Bonchev–Trinajstić information content (AvgIpc) is 3.27. The Labute approximate surface area is 187 Å². The molecule has 0 bridgehead atoms. The molecule has 2 aromatic heterocycles. The number of thiophene rings is 1. The third kappa shape index (κ3) is 3.50. The van der Waals surface area contributed by atoms with Crippen LogP contribution in [0.1, 0.15) is 11.6 Å². The Hall–Kier alpha value is -4.03. The first-order valence-electron chi connectivity index (χ1n) is 10.1. The van der Waals surface area contributed by atoms with E-state index in [9.17, 15) is 14.7 Å². The van der Waals surface area contributed by atoms with Gasteiger partial charge in [-0.2, -0.15) is 0 Å². The molecule has 0 aliphatic heterocycles. The second kappa shape index (κ2) is 8.24. The molecule has 5 rings (SSSR count). The Bertz CT molecular complexity index is 1460. The SMILES string of the molecule is O=C(O)C(c1ccccc1)n1cnc2scc(-c3ccc(-c4ccccc4)cc3)c2c1=O. The fourth-order valence-electron chi connectivity index (χ4n) is 3.87. The number of carboxylic acid groups (broad SMARTS) is 1. The summed E-state index contributed by atoms with van der Waals surface area (Å²) in [6.45, 7) is 0. The molecule has 5 aromatic rings. The molecule has 0 fully saturated rings. The summed E-state index contributed by atoms with van der Waals surface area (Å²) in [6.07, 6.45) is 1.33. The lowest BCUT2D eigenvalue weighted by Gasteiger charge is -2.16. The van der Waals surface area contributed by atoms with Gasteiger partial charge in [-0.05, 0) is 22.3 Å². The Kier molecular flexibility index (Phi) is 5.13. The van der Waals surface area contributed by atoms with E-state index in [-0.39, 0.29) is 5.56 Å². The maximum absolute atomic E-state index is 13.5. The largest absolute Gasteiger partial charge is 0.479 e. The fourth-order valence-corrected chi connectivity index (χ4v) is 4.78. The van der Waals surface area contributed by atoms with Crippen molar-refractivity contribution in [2.75, 3.05) is 0 Å². The molecule has 5 nitrogen and oxygen atoms in total. The summed E-state index contributed by atoms with van der Waals surface area (Å²) < 4.78 is 1.20. The normalized spacial score (nSPS) is 12.0. The highest BCUT2D eigenvalue weighted by atomic mass is 32.1. The molecule has 1 unspecified atom stereocenters. The van der Waals surface area contributed by atoms with Crippen molar-refractivity contribution in [1.29, 1.82) is 0 Å². The highest BCUT2D eigenvalue weighted by Crippen LogP contribution is 2.32. The summed E-state index contributed by atoms with van der Waals surface area (Å²) in [5, 5.41) is 12.2. The highest BCUT2D eigenvalue weighted by Gasteiger charge is 2.25. The van der Waals surface area contributed by atoms with Crippen LogP contribution in [0, 0.1) is 0 Å². The molecule has 0 aliphatic carbocycles. The molecule has 156 valence electrons. The number of aromatic nitrogens is 2. The molecule has 0 amide bonds. The molecular formula is C26H18N2O3S. The zero-order valence-corrected chi connectivity index (χ0v) is 17.7. The number of carbonyl (C=O) groups is 1. The topological polar surface area (TPSA) is 72.2 Å². The Morgan fingerprint density at radius 2 is 1.44 bits per heavy atom. The number of hydrogen-bond acceptors (Lipinski definition) is 4. The number of hydrogen-bond donors (Lipinski definition) is 1. The van der Waals surface area contributed by atoms with E-state index in [2.05, 4.69) is 4.98 Å². The minimum absolute atomic E-state index is 0.366. The maximum atomic E-state index is 13.5. The van der Waals surface area contributed by atoms with Gasteiger partial charge in [-0.25, -0.2) is 9.78 Å². The van der Waals surface area contributed by atoms with Gasteiger partial charge < -0.3 is 5.11 Å². The number of carboxylic acids is 1. The quantitative estimate of drug-likeness (QED) is 0.395. The molecule has 6 heteroatoms. The second-order valence-electron chi connectivity index (χ2n) is 7.38. The number of aliphatic carboxylic acids is 1. The van der Waals surface area contributed by atoms with Crippen LogP contribution in [0.4, 0.5) is 0 Å². The van der Waals surface area contributed by atoms with E-state index in [4.69, 9.17) is 0 Å². The summed E-state index contributed by atoms with van der Waals surface area (Å²) in [6, 6.07) is 25.6. The molecule has 0 spiro atoms. The van der Waals surface area contributed by atoms with Crippen molar-refractivity contribution in [1.82, 2.24) is 9.55 Å². The zero-order valence-electron chi connectivity index (χ0n) is 16.9. The molecule has 3 aromatic carbocycles. The molecule has 0 aliphatic rings. The van der Waals surface area contributed by atoms with Gasteiger partial charge in [-0.15, -0.1) is 11.3 Å². The van der Waals surface area contributed by atoms with Crippen molar-refractivity contribution in [2.45, 2.75) is 6.04 Å².